The van der Waals surface area contributed by atoms with Gasteiger partial charge in [-0.05, 0) is 49.5 Å². The van der Waals surface area contributed by atoms with Crippen LogP contribution in [0.5, 0.6) is 0 Å². The van der Waals surface area contributed by atoms with Crippen molar-refractivity contribution in [2.75, 3.05) is 31.2 Å². The Hall–Kier alpha value is -2.34. The molecule has 32 heavy (non-hydrogen) atoms. The third-order valence-electron chi connectivity index (χ3n) is 7.21. The molecule has 2 saturated carbocycles. The highest BCUT2D eigenvalue weighted by Gasteiger charge is 2.40. The van der Waals surface area contributed by atoms with E-state index in [0.717, 1.165) is 57.6 Å². The van der Waals surface area contributed by atoms with Crippen molar-refractivity contribution in [2.24, 2.45) is 4.99 Å². The summed E-state index contributed by atoms with van der Waals surface area (Å²) in [5.74, 6) is 0.382. The van der Waals surface area contributed by atoms with Crippen molar-refractivity contribution in [3.05, 3.63) is 35.6 Å². The highest BCUT2D eigenvalue weighted by Crippen LogP contribution is 2.31. The SMILES string of the molecule is O=C1/C(=C\c2ccc(N3CCOCC3)cc2)O/C(=N/C2CCCCC2)N1C1CCCCC1. The van der Waals surface area contributed by atoms with Crippen LogP contribution in [0.25, 0.3) is 6.08 Å². The molecule has 0 bridgehead atoms. The monoisotopic (exact) mass is 437 g/mol. The number of amidine groups is 1. The van der Waals surface area contributed by atoms with Crippen molar-refractivity contribution < 1.29 is 14.3 Å². The Balaban J connectivity index is 1.36. The zero-order chi connectivity index (χ0) is 21.8. The molecule has 1 amide bonds. The number of anilines is 1. The van der Waals surface area contributed by atoms with Crippen molar-refractivity contribution in [3.8, 4) is 0 Å². The van der Waals surface area contributed by atoms with Crippen molar-refractivity contribution in [2.45, 2.75) is 76.3 Å². The summed E-state index contributed by atoms with van der Waals surface area (Å²) in [6.45, 7) is 3.38. The number of hydrogen-bond donors (Lipinski definition) is 0. The lowest BCUT2D eigenvalue weighted by atomic mass is 9.94. The molecule has 0 N–H and O–H groups in total. The van der Waals surface area contributed by atoms with Crippen LogP contribution in [0.2, 0.25) is 0 Å². The lowest BCUT2D eigenvalue weighted by molar-refractivity contribution is -0.124. The topological polar surface area (TPSA) is 54.4 Å². The number of amides is 1. The lowest BCUT2D eigenvalue weighted by Gasteiger charge is -2.29. The van der Waals surface area contributed by atoms with Gasteiger partial charge in [-0.2, -0.15) is 0 Å². The molecule has 4 aliphatic rings. The molecule has 5 rings (SSSR count). The number of morpholine rings is 1. The van der Waals surface area contributed by atoms with Crippen LogP contribution >= 0.6 is 0 Å². The second-order valence-electron chi connectivity index (χ2n) is 9.47. The van der Waals surface area contributed by atoms with Gasteiger partial charge in [0.25, 0.3) is 5.91 Å². The van der Waals surface area contributed by atoms with E-state index in [4.69, 9.17) is 14.5 Å². The minimum absolute atomic E-state index is 0.0243. The van der Waals surface area contributed by atoms with E-state index in [-0.39, 0.29) is 18.0 Å². The van der Waals surface area contributed by atoms with Crippen molar-refractivity contribution in [3.63, 3.8) is 0 Å². The Morgan fingerprint density at radius 3 is 2.22 bits per heavy atom. The first-order valence-corrected chi connectivity index (χ1v) is 12.5. The number of carbonyl (C=O) groups is 1. The Morgan fingerprint density at radius 2 is 1.53 bits per heavy atom. The van der Waals surface area contributed by atoms with E-state index in [1.54, 1.807) is 0 Å². The van der Waals surface area contributed by atoms with Gasteiger partial charge in [0.2, 0.25) is 0 Å². The maximum absolute atomic E-state index is 13.4. The normalized spacial score (nSPS) is 26.2. The maximum atomic E-state index is 13.4. The molecule has 1 aromatic rings. The Bertz CT molecular complexity index is 846. The van der Waals surface area contributed by atoms with Gasteiger partial charge in [0.05, 0.1) is 19.3 Å². The zero-order valence-corrected chi connectivity index (χ0v) is 19.0. The van der Waals surface area contributed by atoms with Gasteiger partial charge < -0.3 is 14.4 Å². The van der Waals surface area contributed by atoms with Crippen LogP contribution in [0.1, 0.15) is 69.8 Å². The van der Waals surface area contributed by atoms with E-state index in [0.29, 0.717) is 11.8 Å². The first-order chi connectivity index (χ1) is 15.8. The van der Waals surface area contributed by atoms with E-state index < -0.39 is 0 Å². The van der Waals surface area contributed by atoms with Gasteiger partial charge in [0.15, 0.2) is 5.76 Å². The van der Waals surface area contributed by atoms with E-state index >= 15 is 0 Å². The Morgan fingerprint density at radius 1 is 0.875 bits per heavy atom. The quantitative estimate of drug-likeness (QED) is 0.638. The molecule has 2 aliphatic carbocycles. The molecule has 0 atom stereocenters. The summed E-state index contributed by atoms with van der Waals surface area (Å²) in [7, 11) is 0. The van der Waals surface area contributed by atoms with Crippen LogP contribution in [0, 0.1) is 0 Å². The number of ether oxygens (including phenoxy) is 2. The molecule has 0 aromatic heterocycles. The number of nitrogens with zero attached hydrogens (tertiary/aromatic N) is 3. The Labute approximate surface area is 191 Å². The molecule has 0 unspecified atom stereocenters. The van der Waals surface area contributed by atoms with Crippen LogP contribution in [-0.2, 0) is 14.3 Å². The van der Waals surface area contributed by atoms with Crippen LogP contribution < -0.4 is 4.90 Å². The minimum atomic E-state index is -0.0243. The highest BCUT2D eigenvalue weighted by atomic mass is 16.5. The lowest BCUT2D eigenvalue weighted by Crippen LogP contribution is -2.41. The van der Waals surface area contributed by atoms with Gasteiger partial charge in [-0.15, -0.1) is 0 Å². The predicted molar refractivity (Wildman–Crippen MR) is 127 cm³/mol. The smallest absolute Gasteiger partial charge is 0.300 e. The van der Waals surface area contributed by atoms with Gasteiger partial charge in [0.1, 0.15) is 0 Å². The molecule has 172 valence electrons. The molecule has 6 nitrogen and oxygen atoms in total. The van der Waals surface area contributed by atoms with E-state index in [1.807, 2.05) is 11.0 Å². The first kappa shape index (κ1) is 21.5. The predicted octanol–water partition coefficient (Wildman–Crippen LogP) is 4.74. The third-order valence-corrected chi connectivity index (χ3v) is 7.21. The summed E-state index contributed by atoms with van der Waals surface area (Å²) >= 11 is 0. The third kappa shape index (κ3) is 4.85. The molecule has 4 fully saturated rings. The van der Waals surface area contributed by atoms with Gasteiger partial charge >= 0.3 is 6.02 Å². The number of rotatable bonds is 4. The van der Waals surface area contributed by atoms with Crippen LogP contribution in [0.4, 0.5) is 5.69 Å². The van der Waals surface area contributed by atoms with Crippen LogP contribution in [0.3, 0.4) is 0 Å². The van der Waals surface area contributed by atoms with Crippen LogP contribution in [-0.4, -0.2) is 55.2 Å². The molecule has 2 saturated heterocycles. The zero-order valence-electron chi connectivity index (χ0n) is 19.0. The molecule has 2 aliphatic heterocycles. The summed E-state index contributed by atoms with van der Waals surface area (Å²) in [6, 6.07) is 9.41. The summed E-state index contributed by atoms with van der Waals surface area (Å²) in [5, 5.41) is 0. The molecule has 0 radical (unpaired) electrons. The standard InChI is InChI=1S/C26H35N3O3/c30-25-24(19-20-11-13-22(14-12-20)28-15-17-31-18-16-28)32-26(27-21-7-3-1-4-8-21)29(25)23-9-5-2-6-10-23/h11-14,19,21,23H,1-10,15-18H2/b24-19+,27-26+. The highest BCUT2D eigenvalue weighted by molar-refractivity contribution is 6.11. The molecular weight excluding hydrogens is 402 g/mol. The maximum Gasteiger partial charge on any atom is 0.300 e. The summed E-state index contributed by atoms with van der Waals surface area (Å²) in [4.78, 5) is 22.6. The van der Waals surface area contributed by atoms with E-state index in [9.17, 15) is 4.79 Å². The average Bonchev–Trinajstić information content (AvgIpc) is 3.15. The molecule has 1 aromatic carbocycles. The van der Waals surface area contributed by atoms with Crippen molar-refractivity contribution in [1.29, 1.82) is 0 Å². The fourth-order valence-electron chi connectivity index (χ4n) is 5.36. The molecule has 6 heteroatoms. The molecule has 2 heterocycles. The Kier molecular flexibility index (Phi) is 6.77. The molecule has 0 spiro atoms. The second-order valence-corrected chi connectivity index (χ2v) is 9.47. The van der Waals surface area contributed by atoms with Gasteiger partial charge in [-0.25, -0.2) is 4.99 Å². The number of benzene rings is 1. The van der Waals surface area contributed by atoms with Crippen molar-refractivity contribution >= 4 is 23.7 Å². The second kappa shape index (κ2) is 10.1. The van der Waals surface area contributed by atoms with E-state index in [1.165, 1.54) is 44.2 Å². The largest absolute Gasteiger partial charge is 0.420 e. The summed E-state index contributed by atoms with van der Waals surface area (Å²) < 4.78 is 11.6. The van der Waals surface area contributed by atoms with E-state index in [2.05, 4.69) is 29.2 Å². The fraction of sp³-hybridized carbons (Fsp3) is 0.615. The van der Waals surface area contributed by atoms with Crippen LogP contribution in [0.15, 0.2) is 35.0 Å². The van der Waals surface area contributed by atoms with Crippen molar-refractivity contribution in [1.82, 2.24) is 4.90 Å². The summed E-state index contributed by atoms with van der Waals surface area (Å²) in [5.41, 5.74) is 2.17. The number of aliphatic imine (C=N–C) groups is 1. The number of hydrogen-bond acceptors (Lipinski definition) is 5. The van der Waals surface area contributed by atoms with Gasteiger partial charge in [0, 0.05) is 24.8 Å². The van der Waals surface area contributed by atoms with Gasteiger partial charge in [-0.3, -0.25) is 9.69 Å². The summed E-state index contributed by atoms with van der Waals surface area (Å²) in [6.07, 6.45) is 13.5. The minimum Gasteiger partial charge on any atom is -0.420 e. The average molecular weight is 438 g/mol. The molecular formula is C26H35N3O3. The fourth-order valence-corrected chi connectivity index (χ4v) is 5.36. The number of carbonyl (C=O) groups excluding carboxylic acids is 1. The van der Waals surface area contributed by atoms with Gasteiger partial charge in [-0.1, -0.05) is 50.7 Å². The first-order valence-electron chi connectivity index (χ1n) is 12.5.